The molecule has 0 heterocycles. The van der Waals surface area contributed by atoms with Gasteiger partial charge in [0.2, 0.25) is 0 Å². The molecule has 6 heteroatoms. The highest BCUT2D eigenvalue weighted by Crippen LogP contribution is 2.48. The fraction of sp³-hybridized carbons (Fsp3) is 0.111. The lowest BCUT2D eigenvalue weighted by Gasteiger charge is -2.19. The maximum Gasteiger partial charge on any atom is 0.138 e. The molecule has 0 radical (unpaired) electrons. The molecule has 3 nitrogen and oxygen atoms in total. The molecule has 0 saturated heterocycles. The van der Waals surface area contributed by atoms with Gasteiger partial charge in [-0.25, -0.2) is 0 Å². The number of fused-ring (bicyclic) bond motifs is 1. The molecular formula is C18H15BrINO2S. The third kappa shape index (κ3) is 2.95. The summed E-state index contributed by atoms with van der Waals surface area (Å²) in [6.07, 6.45) is 0. The van der Waals surface area contributed by atoms with E-state index >= 15 is 0 Å². The van der Waals surface area contributed by atoms with Crippen molar-refractivity contribution in [2.24, 2.45) is 0 Å². The SMILES string of the molecule is Cc1cc(NSI)c(C)c(-c2c(O)c(Br)cc3ccccc23)c1O. The first kappa shape index (κ1) is 17.7. The van der Waals surface area contributed by atoms with E-state index in [-0.39, 0.29) is 11.5 Å². The number of aromatic hydroxyl groups is 2. The average Bonchev–Trinajstić information content (AvgIpc) is 2.56. The fourth-order valence-corrected chi connectivity index (χ4v) is 4.36. The smallest absolute Gasteiger partial charge is 0.138 e. The van der Waals surface area contributed by atoms with Crippen molar-refractivity contribution in [1.29, 1.82) is 0 Å². The van der Waals surface area contributed by atoms with E-state index in [2.05, 4.69) is 41.9 Å². The molecule has 3 rings (SSSR count). The molecule has 24 heavy (non-hydrogen) atoms. The van der Waals surface area contributed by atoms with Gasteiger partial charge in [-0.3, -0.25) is 0 Å². The summed E-state index contributed by atoms with van der Waals surface area (Å²) in [6.45, 7) is 3.80. The summed E-state index contributed by atoms with van der Waals surface area (Å²) in [5.74, 6) is 0.320. The second-order valence-electron chi connectivity index (χ2n) is 5.57. The Kier molecular flexibility index (Phi) is 5.17. The van der Waals surface area contributed by atoms with Crippen LogP contribution in [0.15, 0.2) is 40.9 Å². The highest BCUT2D eigenvalue weighted by atomic mass is 127. The summed E-state index contributed by atoms with van der Waals surface area (Å²) >= 11 is 5.60. The van der Waals surface area contributed by atoms with E-state index in [1.165, 1.54) is 9.12 Å². The number of benzene rings is 3. The normalized spacial score (nSPS) is 11.0. The van der Waals surface area contributed by atoms with Gasteiger partial charge < -0.3 is 14.9 Å². The lowest BCUT2D eigenvalue weighted by molar-refractivity contribution is 0.465. The lowest BCUT2D eigenvalue weighted by atomic mass is 9.91. The van der Waals surface area contributed by atoms with Crippen LogP contribution in [0, 0.1) is 13.8 Å². The molecule has 0 unspecified atom stereocenters. The summed E-state index contributed by atoms with van der Waals surface area (Å²) < 4.78 is 3.84. The number of hydrogen-bond acceptors (Lipinski definition) is 4. The molecule has 3 aromatic rings. The third-order valence-corrected chi connectivity index (χ3v) is 5.69. The summed E-state index contributed by atoms with van der Waals surface area (Å²) in [5.41, 5.74) is 3.86. The van der Waals surface area contributed by atoms with Crippen LogP contribution >= 0.6 is 46.3 Å². The Balaban J connectivity index is 2.46. The molecule has 0 bridgehead atoms. The van der Waals surface area contributed by atoms with Gasteiger partial charge in [-0.2, -0.15) is 0 Å². The van der Waals surface area contributed by atoms with Crippen LogP contribution in [0.25, 0.3) is 21.9 Å². The van der Waals surface area contributed by atoms with Crippen LogP contribution in [0.4, 0.5) is 5.69 Å². The molecule has 0 aliphatic heterocycles. The van der Waals surface area contributed by atoms with E-state index < -0.39 is 0 Å². The van der Waals surface area contributed by atoms with Crippen molar-refractivity contribution in [1.82, 2.24) is 0 Å². The Hall–Kier alpha value is -1.12. The van der Waals surface area contributed by atoms with E-state index in [1.807, 2.05) is 50.2 Å². The van der Waals surface area contributed by atoms with Gasteiger partial charge >= 0.3 is 0 Å². The zero-order valence-corrected chi connectivity index (χ0v) is 17.6. The number of nitrogens with one attached hydrogen (secondary N) is 1. The van der Waals surface area contributed by atoms with Crippen LogP contribution in [0.5, 0.6) is 11.5 Å². The predicted octanol–water partition coefficient (Wildman–Crippen LogP) is 6.71. The number of aryl methyl sites for hydroxylation is 1. The molecule has 0 amide bonds. The van der Waals surface area contributed by atoms with Crippen LogP contribution in [0.2, 0.25) is 0 Å². The van der Waals surface area contributed by atoms with Crippen LogP contribution in [0.3, 0.4) is 0 Å². The second-order valence-corrected chi connectivity index (χ2v) is 8.11. The maximum absolute atomic E-state index is 10.7. The Morgan fingerprint density at radius 3 is 2.46 bits per heavy atom. The zero-order valence-electron chi connectivity index (χ0n) is 13.0. The molecule has 0 aliphatic carbocycles. The number of halogens is 2. The minimum Gasteiger partial charge on any atom is -0.507 e. The summed E-state index contributed by atoms with van der Waals surface area (Å²) in [6, 6.07) is 11.6. The topological polar surface area (TPSA) is 52.5 Å². The Bertz CT molecular complexity index is 946. The lowest BCUT2D eigenvalue weighted by Crippen LogP contribution is -1.95. The fourth-order valence-electron chi connectivity index (χ4n) is 2.91. The molecule has 3 aromatic carbocycles. The first-order valence-electron chi connectivity index (χ1n) is 7.23. The van der Waals surface area contributed by atoms with E-state index in [1.54, 1.807) is 0 Å². The number of rotatable bonds is 3. The summed E-state index contributed by atoms with van der Waals surface area (Å²) in [7, 11) is 1.46. The highest BCUT2D eigenvalue weighted by molar-refractivity contribution is 14.2. The van der Waals surface area contributed by atoms with Crippen molar-refractivity contribution in [3.05, 3.63) is 52.0 Å². The summed E-state index contributed by atoms with van der Waals surface area (Å²) in [5, 5.41) is 23.4. The minimum atomic E-state index is 0.130. The quantitative estimate of drug-likeness (QED) is 0.206. The molecule has 0 saturated carbocycles. The molecule has 0 aliphatic rings. The maximum atomic E-state index is 10.7. The average molecular weight is 516 g/mol. The van der Waals surface area contributed by atoms with Gasteiger partial charge in [-0.15, -0.1) is 0 Å². The van der Waals surface area contributed by atoms with Gasteiger partial charge in [0, 0.05) is 47.1 Å². The van der Waals surface area contributed by atoms with Gasteiger partial charge in [0.15, 0.2) is 0 Å². The van der Waals surface area contributed by atoms with Gasteiger partial charge in [-0.05, 0) is 63.8 Å². The van der Waals surface area contributed by atoms with Crippen molar-refractivity contribution in [3.63, 3.8) is 0 Å². The van der Waals surface area contributed by atoms with E-state index in [9.17, 15) is 10.2 Å². The zero-order chi connectivity index (χ0) is 17.4. The molecule has 0 atom stereocenters. The molecule has 0 spiro atoms. The second kappa shape index (κ2) is 7.01. The monoisotopic (exact) mass is 515 g/mol. The number of anilines is 1. The van der Waals surface area contributed by atoms with Crippen molar-refractivity contribution in [2.75, 3.05) is 4.72 Å². The first-order chi connectivity index (χ1) is 11.5. The van der Waals surface area contributed by atoms with Crippen molar-refractivity contribution < 1.29 is 10.2 Å². The Morgan fingerprint density at radius 1 is 1.04 bits per heavy atom. The van der Waals surface area contributed by atoms with Crippen molar-refractivity contribution in [3.8, 4) is 22.6 Å². The number of hydrogen-bond donors (Lipinski definition) is 3. The van der Waals surface area contributed by atoms with E-state index in [4.69, 9.17) is 0 Å². The Labute approximate surface area is 165 Å². The Morgan fingerprint density at radius 2 is 1.75 bits per heavy atom. The third-order valence-electron chi connectivity index (χ3n) is 4.12. The molecular weight excluding hydrogens is 501 g/mol. The van der Waals surface area contributed by atoms with Crippen LogP contribution in [-0.4, -0.2) is 10.2 Å². The minimum absolute atomic E-state index is 0.130. The molecule has 3 N–H and O–H groups in total. The first-order valence-corrected chi connectivity index (χ1v) is 11.4. The van der Waals surface area contributed by atoms with Gasteiger partial charge in [0.05, 0.1) is 4.47 Å². The predicted molar refractivity (Wildman–Crippen MR) is 115 cm³/mol. The van der Waals surface area contributed by atoms with Crippen molar-refractivity contribution >= 4 is 62.7 Å². The van der Waals surface area contributed by atoms with Gasteiger partial charge in [0.1, 0.15) is 11.5 Å². The largest absolute Gasteiger partial charge is 0.507 e. The number of phenolic OH excluding ortho intramolecular Hbond substituents is 2. The van der Waals surface area contributed by atoms with Crippen LogP contribution < -0.4 is 4.72 Å². The highest BCUT2D eigenvalue weighted by Gasteiger charge is 2.21. The van der Waals surface area contributed by atoms with E-state index in [0.717, 1.165) is 27.6 Å². The molecule has 0 fully saturated rings. The van der Waals surface area contributed by atoms with Crippen molar-refractivity contribution in [2.45, 2.75) is 13.8 Å². The van der Waals surface area contributed by atoms with E-state index in [0.29, 0.717) is 15.6 Å². The van der Waals surface area contributed by atoms with Crippen LogP contribution in [-0.2, 0) is 0 Å². The molecule has 0 aromatic heterocycles. The van der Waals surface area contributed by atoms with Gasteiger partial charge in [-0.1, -0.05) is 24.3 Å². The number of phenols is 2. The van der Waals surface area contributed by atoms with Crippen LogP contribution in [0.1, 0.15) is 11.1 Å². The standard InChI is InChI=1S/C18H15BrINO2S/c1-9-7-14(21-24-20)10(2)15(17(9)22)16-12-6-4-3-5-11(12)8-13(19)18(16)23/h3-8,21-23H,1-2H3. The summed E-state index contributed by atoms with van der Waals surface area (Å²) in [4.78, 5) is 0. The molecule has 124 valence electrons. The van der Waals surface area contributed by atoms with Gasteiger partial charge in [0.25, 0.3) is 0 Å².